The summed E-state index contributed by atoms with van der Waals surface area (Å²) in [6.45, 7) is 0.805. The van der Waals surface area contributed by atoms with Crippen LogP contribution in [0.15, 0.2) is 91.0 Å². The SMILES string of the molecule is CN(C)Cc1ccc2c3nc4nc(nc5[nH]c(nc6nc(nc([nH]3)c2c1)-c1ccccc1-6)c1ccccc51)-c1ccccc1-4. The molecule has 2 aliphatic heterocycles. The average molecular weight is 572 g/mol. The van der Waals surface area contributed by atoms with E-state index in [0.717, 1.165) is 50.3 Å². The minimum Gasteiger partial charge on any atom is -0.324 e. The predicted octanol–water partition coefficient (Wildman–Crippen LogP) is 6.93. The van der Waals surface area contributed by atoms with E-state index in [-0.39, 0.29) is 0 Å². The number of nitrogens with one attached hydrogen (secondary N) is 2. The van der Waals surface area contributed by atoms with Gasteiger partial charge >= 0.3 is 0 Å². The second-order valence-corrected chi connectivity index (χ2v) is 11.4. The Kier molecular flexibility index (Phi) is 5.26. The summed E-state index contributed by atoms with van der Waals surface area (Å²) >= 11 is 0. The molecule has 0 unspecified atom stereocenters. The lowest BCUT2D eigenvalue weighted by Gasteiger charge is -2.09. The topological polar surface area (TPSA) is 112 Å². The van der Waals surface area contributed by atoms with Gasteiger partial charge < -0.3 is 14.9 Å². The zero-order valence-electron chi connectivity index (χ0n) is 24.0. The predicted molar refractivity (Wildman–Crippen MR) is 173 cm³/mol. The molecule has 2 N–H and O–H groups in total. The molecule has 0 saturated carbocycles. The average Bonchev–Trinajstić information content (AvgIpc) is 3.76. The molecule has 8 bridgehead atoms. The lowest BCUT2D eigenvalue weighted by molar-refractivity contribution is 0.403. The van der Waals surface area contributed by atoms with Crippen molar-refractivity contribution < 1.29 is 0 Å². The highest BCUT2D eigenvalue weighted by Crippen LogP contribution is 2.36. The van der Waals surface area contributed by atoms with Crippen molar-refractivity contribution in [3.8, 4) is 45.6 Å². The summed E-state index contributed by atoms with van der Waals surface area (Å²) in [5.74, 6) is 2.38. The molecule has 0 fully saturated rings. The number of hydrogen-bond donors (Lipinski definition) is 2. The number of benzene rings is 4. The maximum absolute atomic E-state index is 5.12. The Balaban J connectivity index is 1.47. The number of aromatic amines is 2. The maximum Gasteiger partial charge on any atom is 0.164 e. The lowest BCUT2D eigenvalue weighted by atomic mass is 10.1. The highest BCUT2D eigenvalue weighted by Gasteiger charge is 2.21. The molecule has 0 amide bonds. The Hall–Kier alpha value is -5.80. The van der Waals surface area contributed by atoms with E-state index < -0.39 is 0 Å². The molecule has 2 aliphatic rings. The van der Waals surface area contributed by atoms with Crippen LogP contribution in [-0.2, 0) is 6.54 Å². The van der Waals surface area contributed by atoms with E-state index in [4.69, 9.17) is 29.9 Å². The summed E-state index contributed by atoms with van der Waals surface area (Å²) in [5, 5.41) is 3.84. The van der Waals surface area contributed by atoms with Crippen molar-refractivity contribution in [2.24, 2.45) is 0 Å². The van der Waals surface area contributed by atoms with Crippen molar-refractivity contribution in [1.29, 1.82) is 0 Å². The number of fused-ring (bicyclic) bond motifs is 20. The van der Waals surface area contributed by atoms with Crippen molar-refractivity contribution in [3.63, 3.8) is 0 Å². The molecule has 44 heavy (non-hydrogen) atoms. The minimum absolute atomic E-state index is 0.596. The Morgan fingerprint density at radius 1 is 0.455 bits per heavy atom. The summed E-state index contributed by atoms with van der Waals surface area (Å²) in [5.41, 5.74) is 7.62. The Morgan fingerprint density at radius 2 is 0.841 bits per heavy atom. The van der Waals surface area contributed by atoms with E-state index >= 15 is 0 Å². The molecule has 9 rings (SSSR count). The van der Waals surface area contributed by atoms with Crippen LogP contribution in [0, 0.1) is 0 Å². The number of hydrogen-bond acceptors (Lipinski definition) is 7. The molecule has 0 radical (unpaired) electrons. The Bertz CT molecular complexity index is 2470. The summed E-state index contributed by atoms with van der Waals surface area (Å²) in [4.78, 5) is 39.4. The van der Waals surface area contributed by atoms with Gasteiger partial charge in [-0.3, -0.25) is 0 Å². The highest BCUT2D eigenvalue weighted by atomic mass is 15.1. The molecule has 9 heteroatoms. The number of nitrogens with zero attached hydrogens (tertiary/aromatic N) is 7. The van der Waals surface area contributed by atoms with Gasteiger partial charge in [0.1, 0.15) is 22.6 Å². The van der Waals surface area contributed by atoms with Crippen LogP contribution in [0.2, 0.25) is 0 Å². The molecule has 5 heterocycles. The second kappa shape index (κ2) is 9.35. The molecule has 9 nitrogen and oxygen atoms in total. The van der Waals surface area contributed by atoms with E-state index in [1.165, 1.54) is 5.56 Å². The van der Waals surface area contributed by atoms with Crippen LogP contribution in [0.1, 0.15) is 5.56 Å². The standard InChI is InChI=1S/C35H25N9/c1-44(2)18-19-15-16-26-27(17-19)35-42-33-25-14-8-7-13-24(25)31(40-33)38-29-21-10-4-3-9-20(21)28(36-29)37-30-22-11-5-6-12-23(22)32(39-30)41-34(26)43-35/h3-17H,18H2,1-2H3,(H2,36,37,38,39,40,41,42,43). The summed E-state index contributed by atoms with van der Waals surface area (Å²) in [7, 11) is 4.13. The maximum atomic E-state index is 5.12. The van der Waals surface area contributed by atoms with E-state index in [9.17, 15) is 0 Å². The smallest absolute Gasteiger partial charge is 0.164 e. The quantitative estimate of drug-likeness (QED) is 0.231. The molecular weight excluding hydrogens is 546 g/mol. The zero-order chi connectivity index (χ0) is 29.4. The van der Waals surface area contributed by atoms with Gasteiger partial charge in [-0.1, -0.05) is 84.9 Å². The first-order chi connectivity index (χ1) is 21.6. The van der Waals surface area contributed by atoms with Crippen molar-refractivity contribution in [3.05, 3.63) is 96.6 Å². The molecule has 7 aromatic rings. The van der Waals surface area contributed by atoms with Crippen LogP contribution >= 0.6 is 0 Å². The van der Waals surface area contributed by atoms with Crippen molar-refractivity contribution in [2.45, 2.75) is 6.54 Å². The van der Waals surface area contributed by atoms with Gasteiger partial charge in [0.2, 0.25) is 0 Å². The zero-order valence-corrected chi connectivity index (χ0v) is 24.0. The fourth-order valence-corrected chi connectivity index (χ4v) is 6.15. The third kappa shape index (κ3) is 3.83. The number of H-pyrrole nitrogens is 2. The summed E-state index contributed by atoms with van der Waals surface area (Å²) in [6, 6.07) is 30.7. The van der Waals surface area contributed by atoms with E-state index in [1.807, 2.05) is 72.8 Å². The largest absolute Gasteiger partial charge is 0.324 e. The lowest BCUT2D eigenvalue weighted by Crippen LogP contribution is -2.10. The number of rotatable bonds is 2. The van der Waals surface area contributed by atoms with Crippen molar-refractivity contribution >= 4 is 44.1 Å². The van der Waals surface area contributed by atoms with Crippen LogP contribution in [0.5, 0.6) is 0 Å². The van der Waals surface area contributed by atoms with E-state index in [1.54, 1.807) is 0 Å². The summed E-state index contributed by atoms with van der Waals surface area (Å²) in [6.07, 6.45) is 0. The first-order valence-electron chi connectivity index (χ1n) is 14.5. The Morgan fingerprint density at radius 3 is 1.27 bits per heavy atom. The molecule has 4 aromatic carbocycles. The van der Waals surface area contributed by atoms with Crippen LogP contribution in [0.3, 0.4) is 0 Å². The fourth-order valence-electron chi connectivity index (χ4n) is 6.15. The minimum atomic E-state index is 0.596. The van der Waals surface area contributed by atoms with Crippen molar-refractivity contribution in [2.75, 3.05) is 14.1 Å². The van der Waals surface area contributed by atoms with Gasteiger partial charge in [-0.25, -0.2) is 29.9 Å². The van der Waals surface area contributed by atoms with Gasteiger partial charge in [0.15, 0.2) is 23.3 Å². The van der Waals surface area contributed by atoms with Gasteiger partial charge in [0.25, 0.3) is 0 Å². The van der Waals surface area contributed by atoms with E-state index in [2.05, 4.69) is 47.2 Å². The molecule has 210 valence electrons. The molecule has 0 spiro atoms. The molecule has 3 aromatic heterocycles. The van der Waals surface area contributed by atoms with Gasteiger partial charge in [-0.05, 0) is 25.7 Å². The first-order valence-corrected chi connectivity index (χ1v) is 14.5. The van der Waals surface area contributed by atoms with Crippen molar-refractivity contribution in [1.82, 2.24) is 44.8 Å². The third-order valence-electron chi connectivity index (χ3n) is 8.12. The summed E-state index contributed by atoms with van der Waals surface area (Å²) < 4.78 is 0. The first kappa shape index (κ1) is 24.8. The van der Waals surface area contributed by atoms with Gasteiger partial charge in [-0.2, -0.15) is 0 Å². The Labute approximate surface area is 251 Å². The van der Waals surface area contributed by atoms with Gasteiger partial charge in [-0.15, -0.1) is 0 Å². The normalized spacial score (nSPS) is 12.2. The van der Waals surface area contributed by atoms with Crippen LogP contribution < -0.4 is 0 Å². The monoisotopic (exact) mass is 571 g/mol. The second-order valence-electron chi connectivity index (χ2n) is 11.4. The van der Waals surface area contributed by atoms with Crippen LogP contribution in [0.25, 0.3) is 89.7 Å². The highest BCUT2D eigenvalue weighted by molar-refractivity contribution is 6.06. The van der Waals surface area contributed by atoms with Crippen LogP contribution in [0.4, 0.5) is 0 Å². The van der Waals surface area contributed by atoms with Gasteiger partial charge in [0.05, 0.1) is 0 Å². The molecule has 0 aliphatic carbocycles. The number of aromatic nitrogens is 8. The third-order valence-corrected chi connectivity index (χ3v) is 8.12. The van der Waals surface area contributed by atoms with Gasteiger partial charge in [0, 0.05) is 50.3 Å². The van der Waals surface area contributed by atoms with E-state index in [0.29, 0.717) is 45.9 Å². The molecule has 0 saturated heterocycles. The fraction of sp³-hybridized carbons (Fsp3) is 0.0857. The molecule has 0 atom stereocenters. The van der Waals surface area contributed by atoms with Crippen LogP contribution in [-0.4, -0.2) is 58.9 Å². The molecular formula is C35H25N9.